The number of nitrogens with zero attached hydrogens (tertiary/aromatic N) is 3. The van der Waals surface area contributed by atoms with E-state index in [4.69, 9.17) is 9.47 Å². The van der Waals surface area contributed by atoms with E-state index in [1.165, 1.54) is 18.9 Å². The van der Waals surface area contributed by atoms with Crippen LogP contribution in [0.25, 0.3) is 17.1 Å². The van der Waals surface area contributed by atoms with Gasteiger partial charge in [0.2, 0.25) is 0 Å². The van der Waals surface area contributed by atoms with Crippen LogP contribution in [0.5, 0.6) is 5.75 Å². The molecule has 0 atom stereocenters. The summed E-state index contributed by atoms with van der Waals surface area (Å²) >= 11 is 1.29. The van der Waals surface area contributed by atoms with Crippen molar-refractivity contribution in [3.63, 3.8) is 0 Å². The smallest absolute Gasteiger partial charge is 0.316 e. The molecule has 7 heteroatoms. The molecule has 0 aliphatic rings. The zero-order valence-corrected chi connectivity index (χ0v) is 15.6. The van der Waals surface area contributed by atoms with Crippen molar-refractivity contribution in [2.45, 2.75) is 12.1 Å². The summed E-state index contributed by atoms with van der Waals surface area (Å²) in [5.74, 6) is 1.28. The van der Waals surface area contributed by atoms with Crippen molar-refractivity contribution < 1.29 is 14.3 Å². The summed E-state index contributed by atoms with van der Waals surface area (Å²) in [6.07, 6.45) is 0. The molecule has 0 fully saturated rings. The normalized spacial score (nSPS) is 10.6. The molecule has 6 nitrogen and oxygen atoms in total. The number of esters is 1. The number of carbonyl (C=O) groups excluding carboxylic acids is 1. The van der Waals surface area contributed by atoms with Gasteiger partial charge in [-0.2, -0.15) is 0 Å². The average Bonchev–Trinajstić information content (AvgIpc) is 3.10. The molecule has 3 rings (SSSR count). The summed E-state index contributed by atoms with van der Waals surface area (Å²) in [5, 5.41) is 9.25. The first-order chi connectivity index (χ1) is 12.6. The van der Waals surface area contributed by atoms with Crippen molar-refractivity contribution in [3.05, 3.63) is 54.1 Å². The lowest BCUT2D eigenvalue weighted by molar-refractivity contribution is -0.137. The highest BCUT2D eigenvalue weighted by Gasteiger charge is 2.17. The van der Waals surface area contributed by atoms with Gasteiger partial charge < -0.3 is 9.47 Å². The van der Waals surface area contributed by atoms with Gasteiger partial charge in [-0.3, -0.25) is 9.36 Å². The summed E-state index contributed by atoms with van der Waals surface area (Å²) in [5.41, 5.74) is 2.96. The van der Waals surface area contributed by atoms with Crippen LogP contribution in [0.1, 0.15) is 5.56 Å². The van der Waals surface area contributed by atoms with Gasteiger partial charge in [-0.05, 0) is 31.2 Å². The van der Waals surface area contributed by atoms with E-state index in [1.54, 1.807) is 7.11 Å². The zero-order valence-electron chi connectivity index (χ0n) is 14.8. The second-order valence-corrected chi connectivity index (χ2v) is 6.52. The number of carbonyl (C=O) groups is 1. The predicted molar refractivity (Wildman–Crippen MR) is 101 cm³/mol. The van der Waals surface area contributed by atoms with Crippen LogP contribution in [-0.4, -0.2) is 40.7 Å². The molecule has 134 valence electrons. The molecule has 0 N–H and O–H groups in total. The van der Waals surface area contributed by atoms with Gasteiger partial charge in [0.1, 0.15) is 5.75 Å². The first-order valence-electron chi connectivity index (χ1n) is 7.99. The van der Waals surface area contributed by atoms with Crippen molar-refractivity contribution in [2.75, 3.05) is 20.0 Å². The van der Waals surface area contributed by atoms with E-state index in [1.807, 2.05) is 60.0 Å². The first-order valence-corrected chi connectivity index (χ1v) is 8.97. The molecule has 0 aliphatic heterocycles. The molecule has 0 aliphatic carbocycles. The number of rotatable bonds is 6. The number of hydrogen-bond donors (Lipinski definition) is 0. The Morgan fingerprint density at radius 3 is 2.58 bits per heavy atom. The number of methoxy groups -OCH3 is 2. The van der Waals surface area contributed by atoms with E-state index in [9.17, 15) is 4.79 Å². The molecule has 0 saturated heterocycles. The Kier molecular flexibility index (Phi) is 5.58. The molecule has 3 aromatic rings. The Hall–Kier alpha value is -2.80. The van der Waals surface area contributed by atoms with Crippen LogP contribution in [-0.2, 0) is 9.53 Å². The maximum Gasteiger partial charge on any atom is 0.316 e. The Labute approximate surface area is 156 Å². The number of aromatic nitrogens is 3. The maximum atomic E-state index is 11.5. The summed E-state index contributed by atoms with van der Waals surface area (Å²) in [6.45, 7) is 2.03. The molecule has 0 amide bonds. The van der Waals surface area contributed by atoms with E-state index in [0.717, 1.165) is 22.6 Å². The standard InChI is InChI=1S/C19H19N3O3S/c1-13-7-9-15(10-8-13)22-18(14-5-4-6-16(11-14)24-2)20-21-19(22)26-12-17(23)25-3/h4-11H,12H2,1-3H3. The van der Waals surface area contributed by atoms with Crippen LogP contribution < -0.4 is 4.74 Å². The lowest BCUT2D eigenvalue weighted by atomic mass is 10.2. The number of aryl methyl sites for hydroxylation is 1. The molecule has 0 bridgehead atoms. The number of benzene rings is 2. The van der Waals surface area contributed by atoms with Gasteiger partial charge in [-0.25, -0.2) is 0 Å². The minimum Gasteiger partial charge on any atom is -0.497 e. The lowest BCUT2D eigenvalue weighted by Crippen LogP contribution is -2.05. The molecule has 0 saturated carbocycles. The Morgan fingerprint density at radius 1 is 1.12 bits per heavy atom. The number of hydrogen-bond acceptors (Lipinski definition) is 6. The predicted octanol–water partition coefficient (Wildman–Crippen LogP) is 3.52. The molecule has 26 heavy (non-hydrogen) atoms. The molecule has 1 aromatic heterocycles. The van der Waals surface area contributed by atoms with Crippen molar-refractivity contribution in [2.24, 2.45) is 0 Å². The Morgan fingerprint density at radius 2 is 1.88 bits per heavy atom. The quantitative estimate of drug-likeness (QED) is 0.489. The molecular weight excluding hydrogens is 350 g/mol. The second kappa shape index (κ2) is 8.05. The second-order valence-electron chi connectivity index (χ2n) is 5.57. The summed E-state index contributed by atoms with van der Waals surface area (Å²) < 4.78 is 12.0. The minimum absolute atomic E-state index is 0.165. The maximum absolute atomic E-state index is 11.5. The Bertz CT molecular complexity index is 907. The van der Waals surface area contributed by atoms with E-state index < -0.39 is 0 Å². The molecule has 1 heterocycles. The van der Waals surface area contributed by atoms with Gasteiger partial charge in [-0.1, -0.05) is 41.6 Å². The third-order valence-electron chi connectivity index (χ3n) is 3.80. The zero-order chi connectivity index (χ0) is 18.5. The fourth-order valence-corrected chi connectivity index (χ4v) is 3.21. The fourth-order valence-electron chi connectivity index (χ4n) is 2.42. The molecule has 0 radical (unpaired) electrons. The average molecular weight is 369 g/mol. The Balaban J connectivity index is 2.07. The SMILES string of the molecule is COC(=O)CSc1nnc(-c2cccc(OC)c2)n1-c1ccc(C)cc1. The highest BCUT2D eigenvalue weighted by Crippen LogP contribution is 2.29. The number of ether oxygens (including phenoxy) is 2. The highest BCUT2D eigenvalue weighted by molar-refractivity contribution is 7.99. The van der Waals surface area contributed by atoms with E-state index in [-0.39, 0.29) is 11.7 Å². The fraction of sp³-hybridized carbons (Fsp3) is 0.211. The van der Waals surface area contributed by atoms with Crippen LogP contribution in [0.3, 0.4) is 0 Å². The summed E-state index contributed by atoms with van der Waals surface area (Å²) in [6, 6.07) is 15.7. The highest BCUT2D eigenvalue weighted by atomic mass is 32.2. The van der Waals surface area contributed by atoms with E-state index >= 15 is 0 Å². The summed E-state index contributed by atoms with van der Waals surface area (Å²) in [7, 11) is 3.00. The minimum atomic E-state index is -0.309. The lowest BCUT2D eigenvalue weighted by Gasteiger charge is -2.11. The van der Waals surface area contributed by atoms with Crippen molar-refractivity contribution in [1.82, 2.24) is 14.8 Å². The van der Waals surface area contributed by atoms with E-state index in [0.29, 0.717) is 11.0 Å². The van der Waals surface area contributed by atoms with Crippen LogP contribution in [0.4, 0.5) is 0 Å². The third kappa shape index (κ3) is 3.88. The van der Waals surface area contributed by atoms with Crippen molar-refractivity contribution in [3.8, 4) is 22.8 Å². The van der Waals surface area contributed by atoms with Gasteiger partial charge >= 0.3 is 5.97 Å². The topological polar surface area (TPSA) is 66.2 Å². The van der Waals surface area contributed by atoms with Crippen LogP contribution >= 0.6 is 11.8 Å². The van der Waals surface area contributed by atoms with Crippen LogP contribution in [0.2, 0.25) is 0 Å². The van der Waals surface area contributed by atoms with Crippen molar-refractivity contribution >= 4 is 17.7 Å². The van der Waals surface area contributed by atoms with Crippen LogP contribution in [0, 0.1) is 6.92 Å². The monoisotopic (exact) mass is 369 g/mol. The van der Waals surface area contributed by atoms with Gasteiger partial charge in [-0.15, -0.1) is 10.2 Å². The molecule has 0 spiro atoms. The number of thioether (sulfide) groups is 1. The first kappa shape index (κ1) is 18.0. The van der Waals surface area contributed by atoms with Gasteiger partial charge in [0.25, 0.3) is 0 Å². The van der Waals surface area contributed by atoms with Gasteiger partial charge in [0, 0.05) is 11.3 Å². The van der Waals surface area contributed by atoms with Gasteiger partial charge in [0.15, 0.2) is 11.0 Å². The van der Waals surface area contributed by atoms with Gasteiger partial charge in [0.05, 0.1) is 20.0 Å². The van der Waals surface area contributed by atoms with E-state index in [2.05, 4.69) is 10.2 Å². The largest absolute Gasteiger partial charge is 0.497 e. The van der Waals surface area contributed by atoms with Crippen molar-refractivity contribution in [1.29, 1.82) is 0 Å². The van der Waals surface area contributed by atoms with Crippen LogP contribution in [0.15, 0.2) is 53.7 Å². The molecular formula is C19H19N3O3S. The molecule has 0 unspecified atom stereocenters. The molecule has 2 aromatic carbocycles. The third-order valence-corrected chi connectivity index (χ3v) is 4.70. The summed E-state index contributed by atoms with van der Waals surface area (Å²) in [4.78, 5) is 11.5.